The van der Waals surface area contributed by atoms with Crippen molar-refractivity contribution >= 4 is 0 Å². The molecule has 4 rings (SSSR count). The molecule has 1 aliphatic heterocycles. The van der Waals surface area contributed by atoms with E-state index < -0.39 is 0 Å². The maximum Gasteiger partial charge on any atom is 0.242 e. The van der Waals surface area contributed by atoms with Crippen LogP contribution in [0.4, 0.5) is 0 Å². The van der Waals surface area contributed by atoms with Crippen LogP contribution in [0, 0.1) is 0 Å². The normalized spacial score (nSPS) is 11.6. The third-order valence-electron chi connectivity index (χ3n) is 3.53. The van der Waals surface area contributed by atoms with Gasteiger partial charge in [-0.05, 0) is 29.8 Å². The maximum atomic E-state index is 9.83. The Kier molecular flexibility index (Phi) is 2.72. The smallest absolute Gasteiger partial charge is 0.242 e. The van der Waals surface area contributed by atoms with E-state index in [-0.39, 0.29) is 11.8 Å². The van der Waals surface area contributed by atoms with Crippen LogP contribution in [0.2, 0.25) is 0 Å². The molecule has 3 aromatic rings. The number of hydrogen-bond acceptors (Lipinski definition) is 4. The summed E-state index contributed by atoms with van der Waals surface area (Å²) in [4.78, 5) is 0. The van der Waals surface area contributed by atoms with Crippen LogP contribution in [0.25, 0.3) is 0 Å². The van der Waals surface area contributed by atoms with Gasteiger partial charge in [0.15, 0.2) is 0 Å². The van der Waals surface area contributed by atoms with E-state index in [4.69, 9.17) is 9.47 Å². The van der Waals surface area contributed by atoms with Gasteiger partial charge in [0, 0.05) is 0 Å². The van der Waals surface area contributed by atoms with Crippen LogP contribution in [0.5, 0.6) is 34.8 Å². The van der Waals surface area contributed by atoms with E-state index in [1.165, 1.54) is 4.57 Å². The molecule has 0 aliphatic carbocycles. The van der Waals surface area contributed by atoms with E-state index in [9.17, 15) is 10.2 Å². The summed E-state index contributed by atoms with van der Waals surface area (Å²) in [6.45, 7) is 0.361. The molecule has 1 aromatic heterocycles. The van der Waals surface area contributed by atoms with Gasteiger partial charge in [-0.2, -0.15) is 0 Å². The van der Waals surface area contributed by atoms with Crippen molar-refractivity contribution in [1.29, 1.82) is 0 Å². The Bertz CT molecular complexity index is 797. The molecule has 1 aliphatic rings. The average Bonchev–Trinajstić information content (AvgIpc) is 3.30. The molecule has 5 heteroatoms. The second-order valence-electron chi connectivity index (χ2n) is 5.05. The zero-order chi connectivity index (χ0) is 15.1. The van der Waals surface area contributed by atoms with Gasteiger partial charge in [-0.25, -0.2) is 0 Å². The first-order chi connectivity index (χ1) is 10.7. The van der Waals surface area contributed by atoms with Crippen molar-refractivity contribution in [2.45, 2.75) is 6.54 Å². The number of benzene rings is 2. The van der Waals surface area contributed by atoms with Crippen molar-refractivity contribution in [3.05, 3.63) is 60.2 Å². The minimum atomic E-state index is -0.0443. The minimum absolute atomic E-state index is 0.0443. The fraction of sp³-hybridized carbons (Fsp3) is 0.0588. The number of hydrogen-bond donors (Lipinski definition) is 2. The van der Waals surface area contributed by atoms with Crippen molar-refractivity contribution in [2.75, 3.05) is 0 Å². The SMILES string of the molecule is Oc1c2c(c(O)n1Cc1ccc(Oc3ccccc3)cc1)O2. The van der Waals surface area contributed by atoms with Crippen LogP contribution >= 0.6 is 0 Å². The van der Waals surface area contributed by atoms with Crippen molar-refractivity contribution in [2.24, 2.45) is 0 Å². The molecule has 110 valence electrons. The molecule has 2 heterocycles. The number of nitrogens with zero attached hydrogens (tertiary/aromatic N) is 1. The molecule has 0 bridgehead atoms. The lowest BCUT2D eigenvalue weighted by atomic mass is 10.2. The lowest BCUT2D eigenvalue weighted by molar-refractivity contribution is 0.352. The molecule has 0 spiro atoms. The lowest BCUT2D eigenvalue weighted by Gasteiger charge is -2.09. The van der Waals surface area contributed by atoms with Crippen LogP contribution in [0.15, 0.2) is 54.6 Å². The maximum absolute atomic E-state index is 9.83. The predicted octanol–water partition coefficient (Wildman–Crippen LogP) is 3.85. The summed E-state index contributed by atoms with van der Waals surface area (Å²) in [5.74, 6) is 2.14. The first-order valence-corrected chi connectivity index (χ1v) is 6.86. The lowest BCUT2D eigenvalue weighted by Crippen LogP contribution is -1.99. The highest BCUT2D eigenvalue weighted by molar-refractivity contribution is 5.68. The molecule has 0 atom stereocenters. The fourth-order valence-corrected chi connectivity index (χ4v) is 2.34. The molecule has 0 radical (unpaired) electrons. The quantitative estimate of drug-likeness (QED) is 0.561. The first kappa shape index (κ1) is 12.6. The Morgan fingerprint density at radius 3 is 2.05 bits per heavy atom. The number of ether oxygens (including phenoxy) is 2. The van der Waals surface area contributed by atoms with Crippen LogP contribution in [-0.4, -0.2) is 14.8 Å². The average molecular weight is 295 g/mol. The fourth-order valence-electron chi connectivity index (χ4n) is 2.34. The molecule has 0 unspecified atom stereocenters. The van der Waals surface area contributed by atoms with Gasteiger partial charge in [-0.3, -0.25) is 4.57 Å². The highest BCUT2D eigenvalue weighted by Crippen LogP contribution is 2.60. The van der Waals surface area contributed by atoms with Gasteiger partial charge in [0.25, 0.3) is 0 Å². The van der Waals surface area contributed by atoms with E-state index >= 15 is 0 Å². The number of rotatable bonds is 4. The van der Waals surface area contributed by atoms with Crippen LogP contribution < -0.4 is 9.47 Å². The van der Waals surface area contributed by atoms with Gasteiger partial charge in [0.2, 0.25) is 23.3 Å². The minimum Gasteiger partial charge on any atom is -0.492 e. The monoisotopic (exact) mass is 295 g/mol. The Hall–Kier alpha value is -3.08. The second kappa shape index (κ2) is 4.73. The summed E-state index contributed by atoms with van der Waals surface area (Å²) in [5.41, 5.74) is 0.931. The van der Waals surface area contributed by atoms with E-state index in [1.54, 1.807) is 0 Å². The van der Waals surface area contributed by atoms with Gasteiger partial charge < -0.3 is 19.7 Å². The Morgan fingerprint density at radius 1 is 0.818 bits per heavy atom. The van der Waals surface area contributed by atoms with E-state index in [0.717, 1.165) is 17.1 Å². The molecule has 0 saturated carbocycles. The molecule has 2 aromatic carbocycles. The number of aromatic hydroxyl groups is 2. The van der Waals surface area contributed by atoms with Gasteiger partial charge in [0.05, 0.1) is 6.54 Å². The summed E-state index contributed by atoms with van der Waals surface area (Å²) in [5, 5.41) is 19.7. The van der Waals surface area contributed by atoms with Crippen molar-refractivity contribution in [1.82, 2.24) is 4.57 Å². The van der Waals surface area contributed by atoms with Crippen molar-refractivity contribution in [3.63, 3.8) is 0 Å². The van der Waals surface area contributed by atoms with Crippen LogP contribution in [0.3, 0.4) is 0 Å². The van der Waals surface area contributed by atoms with Gasteiger partial charge >= 0.3 is 0 Å². The summed E-state index contributed by atoms with van der Waals surface area (Å²) < 4.78 is 12.1. The third-order valence-corrected chi connectivity index (χ3v) is 3.53. The number of aromatic nitrogens is 1. The van der Waals surface area contributed by atoms with Crippen molar-refractivity contribution < 1.29 is 19.7 Å². The highest BCUT2D eigenvalue weighted by Gasteiger charge is 2.37. The van der Waals surface area contributed by atoms with Gasteiger partial charge in [-0.15, -0.1) is 0 Å². The Morgan fingerprint density at radius 2 is 1.41 bits per heavy atom. The highest BCUT2D eigenvalue weighted by atomic mass is 16.6. The topological polar surface area (TPSA) is 67.2 Å². The number of fused-ring (bicyclic) bond motifs is 1. The van der Waals surface area contributed by atoms with Crippen LogP contribution in [0.1, 0.15) is 5.56 Å². The summed E-state index contributed by atoms with van der Waals surface area (Å²) >= 11 is 0. The van der Waals surface area contributed by atoms with E-state index in [1.807, 2.05) is 54.6 Å². The summed E-state index contributed by atoms with van der Waals surface area (Å²) in [7, 11) is 0. The Labute approximate surface area is 126 Å². The van der Waals surface area contributed by atoms with Crippen molar-refractivity contribution in [3.8, 4) is 34.8 Å². The van der Waals surface area contributed by atoms with E-state index in [2.05, 4.69) is 0 Å². The number of para-hydroxylation sites is 1. The zero-order valence-electron chi connectivity index (χ0n) is 11.6. The molecule has 0 saturated heterocycles. The first-order valence-electron chi connectivity index (χ1n) is 6.86. The summed E-state index contributed by atoms with van der Waals surface area (Å²) in [6, 6.07) is 17.0. The molecule has 2 N–H and O–H groups in total. The zero-order valence-corrected chi connectivity index (χ0v) is 11.6. The second-order valence-corrected chi connectivity index (χ2v) is 5.05. The standard InChI is InChI=1S/C17H13NO4/c19-16-14-15(22-14)17(20)18(16)10-11-6-8-13(9-7-11)21-12-4-2-1-3-5-12/h1-9,19-20H,10H2. The molecule has 0 fully saturated rings. The predicted molar refractivity (Wildman–Crippen MR) is 79.9 cm³/mol. The molecular weight excluding hydrogens is 282 g/mol. The molecule has 22 heavy (non-hydrogen) atoms. The van der Waals surface area contributed by atoms with Gasteiger partial charge in [-0.1, -0.05) is 30.3 Å². The molecule has 5 nitrogen and oxygen atoms in total. The molecule has 0 amide bonds. The van der Waals surface area contributed by atoms with Crippen LogP contribution in [-0.2, 0) is 6.54 Å². The van der Waals surface area contributed by atoms with E-state index in [0.29, 0.717) is 18.0 Å². The van der Waals surface area contributed by atoms with Gasteiger partial charge in [0.1, 0.15) is 11.5 Å². The summed E-state index contributed by atoms with van der Waals surface area (Å²) in [6.07, 6.45) is 0. The third kappa shape index (κ3) is 2.13. The Balaban J connectivity index is 1.50. The molecular formula is C17H13NO4. The largest absolute Gasteiger partial charge is 0.492 e.